The summed E-state index contributed by atoms with van der Waals surface area (Å²) in [5.41, 5.74) is 6.02. The summed E-state index contributed by atoms with van der Waals surface area (Å²) in [5.74, 6) is 0. The van der Waals surface area contributed by atoms with Gasteiger partial charge in [0.2, 0.25) is 0 Å². The van der Waals surface area contributed by atoms with Crippen molar-refractivity contribution in [3.8, 4) is 0 Å². The molecule has 0 amide bonds. The zero-order valence-electron chi connectivity index (χ0n) is 51.7. The predicted octanol–water partition coefficient (Wildman–Crippen LogP) is 26.3. The van der Waals surface area contributed by atoms with Crippen molar-refractivity contribution < 1.29 is 20.4 Å². The zero-order chi connectivity index (χ0) is 54.0. The van der Waals surface area contributed by atoms with Gasteiger partial charge in [0.15, 0.2) is 0 Å². The number of unbranched alkanes of at least 4 members (excludes halogenated alkanes) is 45. The third-order valence-electron chi connectivity index (χ3n) is 16.3. The van der Waals surface area contributed by atoms with E-state index in [9.17, 15) is 0 Å². The smallest absolute Gasteiger partial charge is 0.0665 e. The number of aryl methyl sites for hydroxylation is 2. The average molecular weight is 1150 g/mol. The Hall–Kier alpha value is -2.08. The van der Waals surface area contributed by atoms with Crippen molar-refractivity contribution in [2.45, 2.75) is 361 Å². The Kier molecular flexibility index (Phi) is 56.9. The van der Waals surface area contributed by atoms with Gasteiger partial charge < -0.3 is 0 Å². The second-order valence-electron chi connectivity index (χ2n) is 23.7. The van der Waals surface area contributed by atoms with Crippen LogP contribution in [-0.4, -0.2) is 11.9 Å². The molecule has 0 atom stereocenters. The molecule has 0 aliphatic heterocycles. The van der Waals surface area contributed by atoms with Gasteiger partial charge in [-0.05, 0) is 87.5 Å². The van der Waals surface area contributed by atoms with Gasteiger partial charge in [0.1, 0.15) is 0 Å². The van der Waals surface area contributed by atoms with Gasteiger partial charge in [0.05, 0.1) is 17.1 Å². The van der Waals surface area contributed by atoms with E-state index < -0.39 is 0 Å². The topological polar surface area (TPSA) is 24.7 Å². The van der Waals surface area contributed by atoms with Crippen molar-refractivity contribution in [2.24, 2.45) is 9.98 Å². The molecule has 0 heterocycles. The van der Waals surface area contributed by atoms with Crippen molar-refractivity contribution in [2.75, 3.05) is 0 Å². The first-order chi connectivity index (χ1) is 37.8. The molecule has 2 nitrogen and oxygen atoms in total. The van der Waals surface area contributed by atoms with Crippen LogP contribution in [0.25, 0.3) is 0 Å². The summed E-state index contributed by atoms with van der Waals surface area (Å²) in [6, 6.07) is 17.6. The molecule has 0 aliphatic carbocycles. The monoisotopic (exact) mass is 1150 g/mol. The molecule has 0 bridgehead atoms. The van der Waals surface area contributed by atoms with Crippen molar-refractivity contribution in [3.05, 3.63) is 84.0 Å². The van der Waals surface area contributed by atoms with E-state index in [1.165, 1.54) is 319 Å². The molecule has 2 aromatic carbocycles. The first kappa shape index (κ1) is 72.9. The third kappa shape index (κ3) is 48.4. The van der Waals surface area contributed by atoms with Crippen LogP contribution < -0.4 is 0 Å². The predicted molar refractivity (Wildman–Crippen MR) is 346 cm³/mol. The largest absolute Gasteiger partial charge is 0.255 e. The van der Waals surface area contributed by atoms with Gasteiger partial charge in [-0.1, -0.05) is 358 Å². The molecule has 0 saturated carbocycles. The van der Waals surface area contributed by atoms with Crippen LogP contribution in [0.1, 0.15) is 359 Å². The summed E-state index contributed by atoms with van der Waals surface area (Å²) in [4.78, 5) is 10.5. The molecule has 0 radical (unpaired) electrons. The Morgan fingerprint density at radius 1 is 0.299 bits per heavy atom. The molecule has 0 N–H and O–H groups in total. The van der Waals surface area contributed by atoms with Gasteiger partial charge >= 0.3 is 0 Å². The molecule has 0 fully saturated rings. The summed E-state index contributed by atoms with van der Waals surface area (Å²) in [7, 11) is 0. The molecule has 77 heavy (non-hydrogen) atoms. The van der Waals surface area contributed by atoms with Crippen LogP contribution in [0.5, 0.6) is 0 Å². The van der Waals surface area contributed by atoms with E-state index in [0.29, 0.717) is 0 Å². The first-order valence-electron chi connectivity index (χ1n) is 34.4. The summed E-state index contributed by atoms with van der Waals surface area (Å²) in [5, 5.41) is 0. The third-order valence-corrected chi connectivity index (χ3v) is 16.3. The van der Waals surface area contributed by atoms with Gasteiger partial charge in [-0.25, -0.2) is 0 Å². The maximum Gasteiger partial charge on any atom is 0.0665 e. The number of para-hydroxylation sites is 2. The van der Waals surface area contributed by atoms with Crippen LogP contribution in [0, 0.1) is 0 Å². The fourth-order valence-corrected chi connectivity index (χ4v) is 11.2. The zero-order valence-corrected chi connectivity index (χ0v) is 53.2. The first-order valence-corrected chi connectivity index (χ1v) is 34.4. The van der Waals surface area contributed by atoms with Crippen LogP contribution in [0.4, 0.5) is 11.4 Å². The maximum atomic E-state index is 5.34. The van der Waals surface area contributed by atoms with E-state index in [2.05, 4.69) is 99.8 Å². The second-order valence-corrected chi connectivity index (χ2v) is 23.7. The SMILES string of the molecule is CCCCCCCCCCCCCCCCCCCCCCC=CCCc1ccccc1N=CC(CCCCCCCC)=Nc1ccccc1CCC=CCCCCCCCCCCCCCCCCCCCCCC.[Pd]. The number of rotatable bonds is 58. The van der Waals surface area contributed by atoms with Gasteiger partial charge in [-0.15, -0.1) is 0 Å². The summed E-state index contributed by atoms with van der Waals surface area (Å²) in [6.45, 7) is 6.92. The standard InChI is InChI=1S/C74H128N2.Pd/c1-4-7-10-13-16-18-20-22-24-26-28-30-32-34-36-38-40-42-44-46-48-50-52-55-62-70-64-58-60-67-73(70)75-69-72(66-57-54-15-12-9-6-3)76-74-68-61-59-65-71(74)63-56-53-51-49-47-45-43-41-39-37-35-33-31-29-27-25-23-21-19-17-14-11-8-5-2;/h50-53,58-61,64-65,67-69H,4-49,54-57,62-63,66H2,1-3H3;. The Labute approximate surface area is 495 Å². The van der Waals surface area contributed by atoms with E-state index in [0.717, 1.165) is 49.2 Å². The normalized spacial score (nSPS) is 12.1. The fourth-order valence-electron chi connectivity index (χ4n) is 11.2. The molecule has 0 spiro atoms. The molecule has 3 heteroatoms. The van der Waals surface area contributed by atoms with Gasteiger partial charge in [0.25, 0.3) is 0 Å². The molecule has 0 aromatic heterocycles. The molecule has 2 rings (SSSR count). The molecular formula is C74H128N2Pd. The molecular weight excluding hydrogens is 1020 g/mol. The molecule has 0 unspecified atom stereocenters. The number of allylic oxidation sites excluding steroid dienone is 4. The number of nitrogens with zero attached hydrogens (tertiary/aromatic N) is 2. The Morgan fingerprint density at radius 2 is 0.558 bits per heavy atom. The number of hydrogen-bond donors (Lipinski definition) is 0. The van der Waals surface area contributed by atoms with Crippen molar-refractivity contribution >= 4 is 23.3 Å². The van der Waals surface area contributed by atoms with E-state index in [1.54, 1.807) is 0 Å². The number of benzene rings is 2. The van der Waals surface area contributed by atoms with E-state index >= 15 is 0 Å². The summed E-state index contributed by atoms with van der Waals surface area (Å²) in [6.07, 6.45) is 84.8. The second kappa shape index (κ2) is 60.0. The molecule has 2 aromatic rings. The van der Waals surface area contributed by atoms with Gasteiger partial charge in [0, 0.05) is 26.6 Å². The van der Waals surface area contributed by atoms with Crippen LogP contribution in [-0.2, 0) is 33.3 Å². The minimum absolute atomic E-state index is 0. The van der Waals surface area contributed by atoms with Crippen LogP contribution in [0.2, 0.25) is 0 Å². The van der Waals surface area contributed by atoms with Crippen LogP contribution in [0.3, 0.4) is 0 Å². The average Bonchev–Trinajstić information content (AvgIpc) is 3.44. The Balaban J connectivity index is 0.0000296. The van der Waals surface area contributed by atoms with Gasteiger partial charge in [-0.3, -0.25) is 9.98 Å². The summed E-state index contributed by atoms with van der Waals surface area (Å²) >= 11 is 0. The Morgan fingerprint density at radius 3 is 0.896 bits per heavy atom. The fraction of sp³-hybridized carbons (Fsp3) is 0.757. The molecule has 0 aliphatic rings. The number of aliphatic imine (C=N–C) groups is 2. The quantitative estimate of drug-likeness (QED) is 0.0273. The van der Waals surface area contributed by atoms with Crippen LogP contribution >= 0.6 is 0 Å². The van der Waals surface area contributed by atoms with Crippen molar-refractivity contribution in [1.82, 2.24) is 0 Å². The minimum Gasteiger partial charge on any atom is -0.255 e. The van der Waals surface area contributed by atoms with Crippen LogP contribution in [0.15, 0.2) is 82.8 Å². The number of hydrogen-bond acceptors (Lipinski definition) is 2. The van der Waals surface area contributed by atoms with E-state index in [4.69, 9.17) is 9.98 Å². The Bertz CT molecular complexity index is 1620. The molecule has 444 valence electrons. The van der Waals surface area contributed by atoms with E-state index in [1.807, 2.05) is 0 Å². The minimum atomic E-state index is 0. The van der Waals surface area contributed by atoms with Crippen molar-refractivity contribution in [3.63, 3.8) is 0 Å². The maximum absolute atomic E-state index is 5.34. The van der Waals surface area contributed by atoms with E-state index in [-0.39, 0.29) is 20.4 Å². The summed E-state index contributed by atoms with van der Waals surface area (Å²) < 4.78 is 0. The van der Waals surface area contributed by atoms with Crippen molar-refractivity contribution in [1.29, 1.82) is 0 Å². The molecule has 0 saturated heterocycles. The van der Waals surface area contributed by atoms with Gasteiger partial charge in [-0.2, -0.15) is 0 Å².